The molecule has 3 rings (SSSR count). The summed E-state index contributed by atoms with van der Waals surface area (Å²) in [5.41, 5.74) is 3.01. The minimum absolute atomic E-state index is 0.400. The summed E-state index contributed by atoms with van der Waals surface area (Å²) < 4.78 is 11.9. The maximum atomic E-state index is 11.6. The Bertz CT molecular complexity index is 808. The highest BCUT2D eigenvalue weighted by Gasteiger charge is 2.10. The molecule has 0 N–H and O–H groups in total. The number of pyridine rings is 1. The van der Waals surface area contributed by atoms with Gasteiger partial charge in [-0.15, -0.1) is 0 Å². The van der Waals surface area contributed by atoms with E-state index in [-0.39, 0.29) is 0 Å². The van der Waals surface area contributed by atoms with Gasteiger partial charge in [0, 0.05) is 24.1 Å². The molecule has 1 aromatic carbocycles. The van der Waals surface area contributed by atoms with Crippen LogP contribution in [0.3, 0.4) is 0 Å². The Balaban J connectivity index is 2.15. The topological polar surface area (TPSA) is 53.3 Å². The van der Waals surface area contributed by atoms with Crippen molar-refractivity contribution in [3.05, 3.63) is 54.4 Å². The Morgan fingerprint density at radius 3 is 2.81 bits per heavy atom. The van der Waals surface area contributed by atoms with Crippen molar-refractivity contribution in [3.8, 4) is 11.4 Å². The predicted octanol–water partition coefficient (Wildman–Crippen LogP) is 2.82. The van der Waals surface area contributed by atoms with Gasteiger partial charge in [-0.05, 0) is 24.3 Å². The zero-order valence-electron chi connectivity index (χ0n) is 11.7. The SMILES string of the molecule is COC(=O)c1cnc2ccn(-c3cccc(OC)c3)c2c1. The van der Waals surface area contributed by atoms with E-state index in [9.17, 15) is 4.79 Å². The number of benzene rings is 1. The molecule has 0 aliphatic heterocycles. The third kappa shape index (κ3) is 2.33. The highest BCUT2D eigenvalue weighted by Crippen LogP contribution is 2.23. The lowest BCUT2D eigenvalue weighted by Crippen LogP contribution is -2.02. The fourth-order valence-electron chi connectivity index (χ4n) is 2.23. The molecule has 0 atom stereocenters. The summed E-state index contributed by atoms with van der Waals surface area (Å²) >= 11 is 0. The first kappa shape index (κ1) is 13.2. The number of hydrogen-bond acceptors (Lipinski definition) is 4. The summed E-state index contributed by atoms with van der Waals surface area (Å²) in [6, 6.07) is 11.4. The third-order valence-corrected chi connectivity index (χ3v) is 3.29. The van der Waals surface area contributed by atoms with Crippen molar-refractivity contribution < 1.29 is 14.3 Å². The second-order valence-electron chi connectivity index (χ2n) is 4.51. The van der Waals surface area contributed by atoms with Gasteiger partial charge in [-0.1, -0.05) is 6.07 Å². The standard InChI is InChI=1S/C16H14N2O3/c1-20-13-5-3-4-12(9-13)18-7-6-14-15(18)8-11(10-17-14)16(19)21-2/h3-10H,1-2H3. The molecule has 106 valence electrons. The lowest BCUT2D eigenvalue weighted by atomic mass is 10.2. The quantitative estimate of drug-likeness (QED) is 0.693. The molecular weight excluding hydrogens is 268 g/mol. The Kier molecular flexibility index (Phi) is 3.31. The van der Waals surface area contributed by atoms with Crippen LogP contribution in [0.2, 0.25) is 0 Å². The second-order valence-corrected chi connectivity index (χ2v) is 4.51. The van der Waals surface area contributed by atoms with Crippen LogP contribution in [0.25, 0.3) is 16.7 Å². The van der Waals surface area contributed by atoms with Crippen LogP contribution in [0.4, 0.5) is 0 Å². The first-order chi connectivity index (χ1) is 10.2. The average Bonchev–Trinajstić information content (AvgIpc) is 2.97. The highest BCUT2D eigenvalue weighted by molar-refractivity contribution is 5.93. The Labute approximate surface area is 121 Å². The molecule has 0 saturated carbocycles. The van der Waals surface area contributed by atoms with Crippen LogP contribution in [-0.4, -0.2) is 29.7 Å². The van der Waals surface area contributed by atoms with Crippen LogP contribution < -0.4 is 4.74 Å². The molecule has 0 spiro atoms. The maximum absolute atomic E-state index is 11.6. The number of carbonyl (C=O) groups excluding carboxylic acids is 1. The van der Waals surface area contributed by atoms with Crippen LogP contribution in [0.15, 0.2) is 48.8 Å². The summed E-state index contributed by atoms with van der Waals surface area (Å²) in [4.78, 5) is 15.9. The van der Waals surface area contributed by atoms with Crippen molar-refractivity contribution in [1.82, 2.24) is 9.55 Å². The summed E-state index contributed by atoms with van der Waals surface area (Å²) in [6.45, 7) is 0. The Morgan fingerprint density at radius 2 is 2.05 bits per heavy atom. The molecule has 0 aliphatic rings. The zero-order chi connectivity index (χ0) is 14.8. The fraction of sp³-hybridized carbons (Fsp3) is 0.125. The van der Waals surface area contributed by atoms with Gasteiger partial charge in [0.2, 0.25) is 0 Å². The Hall–Kier alpha value is -2.82. The van der Waals surface area contributed by atoms with Gasteiger partial charge in [-0.3, -0.25) is 4.98 Å². The van der Waals surface area contributed by atoms with E-state index in [0.29, 0.717) is 5.56 Å². The van der Waals surface area contributed by atoms with E-state index in [2.05, 4.69) is 4.98 Å². The summed E-state index contributed by atoms with van der Waals surface area (Å²) in [6.07, 6.45) is 3.43. The normalized spacial score (nSPS) is 10.6. The van der Waals surface area contributed by atoms with E-state index < -0.39 is 5.97 Å². The van der Waals surface area contributed by atoms with Crippen molar-refractivity contribution in [3.63, 3.8) is 0 Å². The highest BCUT2D eigenvalue weighted by atomic mass is 16.5. The zero-order valence-corrected chi connectivity index (χ0v) is 11.7. The Morgan fingerprint density at radius 1 is 1.19 bits per heavy atom. The number of methoxy groups -OCH3 is 2. The largest absolute Gasteiger partial charge is 0.497 e. The van der Waals surface area contributed by atoms with E-state index >= 15 is 0 Å². The minimum Gasteiger partial charge on any atom is -0.497 e. The number of esters is 1. The van der Waals surface area contributed by atoms with Crippen LogP contribution in [0.5, 0.6) is 5.75 Å². The number of rotatable bonds is 3. The lowest BCUT2D eigenvalue weighted by Gasteiger charge is -2.08. The molecule has 0 amide bonds. The molecule has 0 aliphatic carbocycles. The van der Waals surface area contributed by atoms with Crippen LogP contribution in [0.1, 0.15) is 10.4 Å². The monoisotopic (exact) mass is 282 g/mol. The third-order valence-electron chi connectivity index (χ3n) is 3.29. The van der Waals surface area contributed by atoms with Crippen molar-refractivity contribution in [1.29, 1.82) is 0 Å². The molecule has 5 nitrogen and oxygen atoms in total. The van der Waals surface area contributed by atoms with Gasteiger partial charge in [0.1, 0.15) is 5.75 Å². The van der Waals surface area contributed by atoms with Gasteiger partial charge < -0.3 is 14.0 Å². The van der Waals surface area contributed by atoms with Crippen LogP contribution >= 0.6 is 0 Å². The number of nitrogens with zero attached hydrogens (tertiary/aromatic N) is 2. The van der Waals surface area contributed by atoms with E-state index in [1.807, 2.05) is 41.1 Å². The average molecular weight is 282 g/mol. The molecule has 21 heavy (non-hydrogen) atoms. The fourth-order valence-corrected chi connectivity index (χ4v) is 2.23. The summed E-state index contributed by atoms with van der Waals surface area (Å²) in [5, 5.41) is 0. The van der Waals surface area contributed by atoms with Gasteiger partial charge in [-0.2, -0.15) is 0 Å². The number of hydrogen-bond donors (Lipinski definition) is 0. The molecule has 5 heteroatoms. The predicted molar refractivity (Wildman–Crippen MR) is 79.0 cm³/mol. The first-order valence-corrected chi connectivity index (χ1v) is 6.43. The van der Waals surface area contributed by atoms with E-state index in [4.69, 9.17) is 9.47 Å². The number of aromatic nitrogens is 2. The molecule has 3 aromatic rings. The van der Waals surface area contributed by atoms with Crippen molar-refractivity contribution in [2.45, 2.75) is 0 Å². The first-order valence-electron chi connectivity index (χ1n) is 6.43. The second kappa shape index (κ2) is 5.28. The molecule has 0 fully saturated rings. The number of carbonyl (C=O) groups is 1. The number of ether oxygens (including phenoxy) is 2. The van der Waals surface area contributed by atoms with Gasteiger partial charge in [0.15, 0.2) is 0 Å². The lowest BCUT2D eigenvalue weighted by molar-refractivity contribution is 0.0600. The molecule has 2 aromatic heterocycles. The van der Waals surface area contributed by atoms with Crippen LogP contribution in [0, 0.1) is 0 Å². The summed E-state index contributed by atoms with van der Waals surface area (Å²) in [7, 11) is 2.98. The van der Waals surface area contributed by atoms with E-state index in [0.717, 1.165) is 22.5 Å². The van der Waals surface area contributed by atoms with Gasteiger partial charge in [-0.25, -0.2) is 4.79 Å². The van der Waals surface area contributed by atoms with Crippen molar-refractivity contribution >= 4 is 17.0 Å². The van der Waals surface area contributed by atoms with Gasteiger partial charge in [0.25, 0.3) is 0 Å². The molecule has 0 saturated heterocycles. The molecule has 2 heterocycles. The van der Waals surface area contributed by atoms with Gasteiger partial charge >= 0.3 is 5.97 Å². The van der Waals surface area contributed by atoms with E-state index in [1.165, 1.54) is 13.3 Å². The molecule has 0 unspecified atom stereocenters. The minimum atomic E-state index is -0.400. The number of fused-ring (bicyclic) bond motifs is 1. The van der Waals surface area contributed by atoms with Crippen molar-refractivity contribution in [2.75, 3.05) is 14.2 Å². The van der Waals surface area contributed by atoms with Crippen LogP contribution in [-0.2, 0) is 4.74 Å². The smallest absolute Gasteiger partial charge is 0.339 e. The van der Waals surface area contributed by atoms with E-state index in [1.54, 1.807) is 13.2 Å². The van der Waals surface area contributed by atoms with Gasteiger partial charge in [0.05, 0.1) is 30.8 Å². The summed E-state index contributed by atoms with van der Waals surface area (Å²) in [5.74, 6) is 0.370. The molecule has 0 radical (unpaired) electrons. The molecule has 0 bridgehead atoms. The molecular formula is C16H14N2O3. The van der Waals surface area contributed by atoms with Crippen molar-refractivity contribution in [2.24, 2.45) is 0 Å². The maximum Gasteiger partial charge on any atom is 0.339 e.